The van der Waals surface area contributed by atoms with Crippen LogP contribution in [0.15, 0.2) is 30.3 Å². The monoisotopic (exact) mass is 259 g/mol. The molecule has 101 valence electrons. The second-order valence-electron chi connectivity index (χ2n) is 5.06. The van der Waals surface area contributed by atoms with E-state index in [9.17, 15) is 4.79 Å². The molecule has 19 heavy (non-hydrogen) atoms. The minimum absolute atomic E-state index is 0.118. The van der Waals surface area contributed by atoms with Crippen molar-refractivity contribution in [2.24, 2.45) is 0 Å². The Hall–Kier alpha value is -1.39. The van der Waals surface area contributed by atoms with Crippen molar-refractivity contribution in [1.29, 1.82) is 0 Å². The highest BCUT2D eigenvalue weighted by Crippen LogP contribution is 2.31. The van der Waals surface area contributed by atoms with Gasteiger partial charge in [0.25, 0.3) is 5.91 Å². The van der Waals surface area contributed by atoms with E-state index in [0.29, 0.717) is 0 Å². The van der Waals surface area contributed by atoms with Crippen molar-refractivity contribution in [3.8, 4) is 0 Å². The number of amides is 1. The Morgan fingerprint density at radius 2 is 2.16 bits per heavy atom. The fourth-order valence-corrected chi connectivity index (χ4v) is 2.81. The first-order valence-electron chi connectivity index (χ1n) is 6.92. The van der Waals surface area contributed by atoms with Gasteiger partial charge in [0.15, 0.2) is 6.10 Å². The molecule has 2 saturated heterocycles. The van der Waals surface area contributed by atoms with Crippen LogP contribution in [0.4, 0.5) is 0 Å². The molecule has 0 saturated carbocycles. The van der Waals surface area contributed by atoms with Gasteiger partial charge in [-0.15, -0.1) is 0 Å². The maximum absolute atomic E-state index is 12.5. The number of hydrogen-bond donors (Lipinski definition) is 1. The summed E-state index contributed by atoms with van der Waals surface area (Å²) < 4.78 is 0. The van der Waals surface area contributed by atoms with E-state index in [-0.39, 0.29) is 18.1 Å². The number of piperidine rings is 1. The van der Waals surface area contributed by atoms with Crippen LogP contribution in [0.3, 0.4) is 0 Å². The van der Waals surface area contributed by atoms with E-state index in [2.05, 4.69) is 24.0 Å². The summed E-state index contributed by atoms with van der Waals surface area (Å²) in [6.07, 6.45) is 4.62. The van der Waals surface area contributed by atoms with E-state index in [0.717, 1.165) is 32.4 Å². The molecule has 2 unspecified atom stereocenters. The largest absolute Gasteiger partial charge is 0.333 e. The van der Waals surface area contributed by atoms with E-state index in [1.54, 1.807) is 0 Å². The number of nitrogens with one attached hydrogen (secondary N) is 1. The number of carbonyl (C=O) groups is 1. The fourth-order valence-electron chi connectivity index (χ4n) is 2.81. The molecule has 0 aromatic heterocycles. The third kappa shape index (κ3) is 2.65. The van der Waals surface area contributed by atoms with Gasteiger partial charge in [-0.3, -0.25) is 9.63 Å². The quantitative estimate of drug-likeness (QED) is 0.881. The molecule has 1 aromatic rings. The van der Waals surface area contributed by atoms with Crippen LogP contribution in [0.1, 0.15) is 30.9 Å². The third-order valence-corrected chi connectivity index (χ3v) is 3.82. The molecule has 3 rings (SSSR count). The van der Waals surface area contributed by atoms with Crippen LogP contribution >= 0.6 is 0 Å². The average molecular weight is 259 g/mol. The predicted octanol–water partition coefficient (Wildman–Crippen LogP) is 1.85. The van der Waals surface area contributed by atoms with Gasteiger partial charge in [-0.1, -0.05) is 30.3 Å². The second kappa shape index (κ2) is 5.72. The first-order valence-corrected chi connectivity index (χ1v) is 6.92. The molecule has 4 nitrogen and oxygen atoms in total. The summed E-state index contributed by atoms with van der Waals surface area (Å²) in [5.74, 6) is 0.118. The molecule has 1 amide bonds. The molecular weight excluding hydrogens is 240 g/mol. The first-order chi connectivity index (χ1) is 9.36. The zero-order chi connectivity index (χ0) is 13.1. The van der Waals surface area contributed by atoms with E-state index >= 15 is 0 Å². The SMILES string of the molecule is O=C(C1CCNO1)N1CC[CH]CC1c1ccccc1. The van der Waals surface area contributed by atoms with Gasteiger partial charge in [0.05, 0.1) is 6.04 Å². The predicted molar refractivity (Wildman–Crippen MR) is 71.9 cm³/mol. The van der Waals surface area contributed by atoms with Crippen molar-refractivity contribution in [1.82, 2.24) is 10.4 Å². The number of nitrogens with zero attached hydrogens (tertiary/aromatic N) is 1. The van der Waals surface area contributed by atoms with Gasteiger partial charge in [0.2, 0.25) is 0 Å². The summed E-state index contributed by atoms with van der Waals surface area (Å²) in [6, 6.07) is 10.4. The normalized spacial score (nSPS) is 27.5. The third-order valence-electron chi connectivity index (χ3n) is 3.82. The van der Waals surface area contributed by atoms with Crippen molar-refractivity contribution in [2.75, 3.05) is 13.1 Å². The molecule has 2 atom stereocenters. The molecule has 1 N–H and O–H groups in total. The van der Waals surface area contributed by atoms with E-state index in [1.807, 2.05) is 23.1 Å². The van der Waals surface area contributed by atoms with Crippen LogP contribution in [-0.4, -0.2) is 30.0 Å². The molecule has 2 fully saturated rings. The highest BCUT2D eigenvalue weighted by molar-refractivity contribution is 5.81. The zero-order valence-electron chi connectivity index (χ0n) is 10.9. The number of hydrogen-bond acceptors (Lipinski definition) is 3. The van der Waals surface area contributed by atoms with Crippen LogP contribution in [-0.2, 0) is 9.63 Å². The lowest BCUT2D eigenvalue weighted by molar-refractivity contribution is -0.147. The average Bonchev–Trinajstić information content (AvgIpc) is 3.02. The minimum Gasteiger partial charge on any atom is -0.333 e. The van der Waals surface area contributed by atoms with Crippen LogP contribution in [0.2, 0.25) is 0 Å². The molecule has 1 radical (unpaired) electrons. The Kier molecular flexibility index (Phi) is 3.80. The van der Waals surface area contributed by atoms with Crippen molar-refractivity contribution in [3.05, 3.63) is 42.3 Å². The van der Waals surface area contributed by atoms with Crippen molar-refractivity contribution < 1.29 is 9.63 Å². The van der Waals surface area contributed by atoms with Crippen molar-refractivity contribution >= 4 is 5.91 Å². The summed E-state index contributed by atoms with van der Waals surface area (Å²) in [6.45, 7) is 1.55. The molecule has 2 aliphatic heterocycles. The summed E-state index contributed by atoms with van der Waals surface area (Å²) in [4.78, 5) is 19.8. The Morgan fingerprint density at radius 3 is 2.89 bits per heavy atom. The molecule has 0 spiro atoms. The second-order valence-corrected chi connectivity index (χ2v) is 5.06. The number of likely N-dealkylation sites (tertiary alicyclic amines) is 1. The highest BCUT2D eigenvalue weighted by atomic mass is 16.7. The van der Waals surface area contributed by atoms with E-state index in [1.165, 1.54) is 5.56 Å². The lowest BCUT2D eigenvalue weighted by atomic mass is 9.94. The number of carbonyl (C=O) groups excluding carboxylic acids is 1. The van der Waals surface area contributed by atoms with Gasteiger partial charge in [-0.25, -0.2) is 5.48 Å². The Bertz CT molecular complexity index is 429. The van der Waals surface area contributed by atoms with Gasteiger partial charge < -0.3 is 4.90 Å². The molecule has 1 aromatic carbocycles. The molecule has 0 aliphatic carbocycles. The number of rotatable bonds is 2. The van der Waals surface area contributed by atoms with Crippen LogP contribution in [0.5, 0.6) is 0 Å². The van der Waals surface area contributed by atoms with E-state index in [4.69, 9.17) is 4.84 Å². The van der Waals surface area contributed by atoms with Crippen molar-refractivity contribution in [3.63, 3.8) is 0 Å². The Labute approximate surface area is 113 Å². The van der Waals surface area contributed by atoms with E-state index < -0.39 is 0 Å². The minimum atomic E-state index is -0.315. The molecule has 2 heterocycles. The maximum atomic E-state index is 12.5. The lowest BCUT2D eigenvalue weighted by Crippen LogP contribution is -2.44. The molecule has 4 heteroatoms. The summed E-state index contributed by atoms with van der Waals surface area (Å²) in [5.41, 5.74) is 4.00. The van der Waals surface area contributed by atoms with Gasteiger partial charge in [0.1, 0.15) is 0 Å². The first kappa shape index (κ1) is 12.6. The topological polar surface area (TPSA) is 41.6 Å². The Balaban J connectivity index is 1.79. The van der Waals surface area contributed by atoms with Gasteiger partial charge in [0, 0.05) is 13.1 Å². The molecule has 0 bridgehead atoms. The summed E-state index contributed by atoms with van der Waals surface area (Å²) >= 11 is 0. The standard InChI is InChI=1S/C15H19N2O2/c18-15(14-9-10-16-19-14)17-11-5-4-8-13(17)12-6-2-1-3-7-12/h1-4,6-7,13-14,16H,5,8-11H2. The van der Waals surface area contributed by atoms with Gasteiger partial charge >= 0.3 is 0 Å². The van der Waals surface area contributed by atoms with Crippen LogP contribution < -0.4 is 5.48 Å². The fraction of sp³-hybridized carbons (Fsp3) is 0.467. The lowest BCUT2D eigenvalue weighted by Gasteiger charge is -2.37. The van der Waals surface area contributed by atoms with Gasteiger partial charge in [-0.2, -0.15) is 0 Å². The molecule has 2 aliphatic rings. The maximum Gasteiger partial charge on any atom is 0.254 e. The number of benzene rings is 1. The Morgan fingerprint density at radius 1 is 1.32 bits per heavy atom. The molecular formula is C15H19N2O2. The van der Waals surface area contributed by atoms with Crippen molar-refractivity contribution in [2.45, 2.75) is 31.4 Å². The highest BCUT2D eigenvalue weighted by Gasteiger charge is 2.34. The number of hydroxylamine groups is 1. The summed E-state index contributed by atoms with van der Waals surface area (Å²) in [7, 11) is 0. The van der Waals surface area contributed by atoms with Gasteiger partial charge in [-0.05, 0) is 31.2 Å². The zero-order valence-corrected chi connectivity index (χ0v) is 10.9. The smallest absolute Gasteiger partial charge is 0.254 e. The van der Waals surface area contributed by atoms with Crippen LogP contribution in [0, 0.1) is 6.42 Å². The summed E-state index contributed by atoms with van der Waals surface area (Å²) in [5, 5.41) is 0. The van der Waals surface area contributed by atoms with Crippen LogP contribution in [0.25, 0.3) is 0 Å².